The number of aromatic nitrogens is 2. The van der Waals surface area contributed by atoms with Gasteiger partial charge in [0.25, 0.3) is 11.5 Å². The molecule has 1 aromatic carbocycles. The van der Waals surface area contributed by atoms with Crippen LogP contribution in [-0.2, 0) is 20.9 Å². The normalized spacial score (nSPS) is 10.2. The fraction of sp³-hybridized carbons (Fsp3) is 0.250. The molecule has 1 heterocycles. The standard InChI is InChI=1S/C16H17N3O6/c1-10-3-4-12(24-2)11(7-10)17-14(21)9-25-15(22)8-19-6-5-13(20)18-16(19)23/h3-7H,8-9H2,1-2H3,(H,17,21)(H,18,20,23). The molecular formula is C16H17N3O6. The lowest BCUT2D eigenvalue weighted by Gasteiger charge is -2.11. The Morgan fingerprint density at radius 3 is 2.68 bits per heavy atom. The van der Waals surface area contributed by atoms with Gasteiger partial charge in [-0.15, -0.1) is 0 Å². The van der Waals surface area contributed by atoms with Gasteiger partial charge in [-0.3, -0.25) is 23.9 Å². The van der Waals surface area contributed by atoms with E-state index in [2.05, 4.69) is 5.32 Å². The number of aromatic amines is 1. The predicted molar refractivity (Wildman–Crippen MR) is 88.6 cm³/mol. The Balaban J connectivity index is 1.91. The number of benzene rings is 1. The molecule has 0 radical (unpaired) electrons. The molecule has 9 nitrogen and oxygen atoms in total. The molecule has 2 aromatic rings. The Bertz CT molecular complexity index is 899. The van der Waals surface area contributed by atoms with Gasteiger partial charge in [0.2, 0.25) is 0 Å². The van der Waals surface area contributed by atoms with E-state index in [4.69, 9.17) is 9.47 Å². The van der Waals surface area contributed by atoms with E-state index in [0.29, 0.717) is 11.4 Å². The van der Waals surface area contributed by atoms with Crippen molar-refractivity contribution in [2.45, 2.75) is 13.5 Å². The summed E-state index contributed by atoms with van der Waals surface area (Å²) < 4.78 is 10.9. The Kier molecular flexibility index (Phi) is 5.72. The van der Waals surface area contributed by atoms with Gasteiger partial charge in [-0.1, -0.05) is 6.07 Å². The van der Waals surface area contributed by atoms with Crippen molar-refractivity contribution in [2.75, 3.05) is 19.0 Å². The number of ether oxygens (including phenoxy) is 2. The van der Waals surface area contributed by atoms with Gasteiger partial charge in [0.1, 0.15) is 12.3 Å². The number of esters is 1. The first-order valence-corrected chi connectivity index (χ1v) is 7.29. The van der Waals surface area contributed by atoms with Crippen LogP contribution in [0, 0.1) is 6.92 Å². The molecule has 0 saturated carbocycles. The number of nitrogens with one attached hydrogen (secondary N) is 2. The van der Waals surface area contributed by atoms with Gasteiger partial charge in [-0.05, 0) is 24.6 Å². The van der Waals surface area contributed by atoms with Gasteiger partial charge < -0.3 is 14.8 Å². The molecule has 9 heteroatoms. The highest BCUT2D eigenvalue weighted by atomic mass is 16.5. The highest BCUT2D eigenvalue weighted by molar-refractivity contribution is 5.94. The molecular weight excluding hydrogens is 330 g/mol. The second-order valence-electron chi connectivity index (χ2n) is 5.15. The Morgan fingerprint density at radius 2 is 2.00 bits per heavy atom. The van der Waals surface area contributed by atoms with Crippen molar-refractivity contribution in [3.8, 4) is 5.75 Å². The Labute approximate surface area is 142 Å². The Morgan fingerprint density at radius 1 is 1.24 bits per heavy atom. The third-order valence-electron chi connectivity index (χ3n) is 3.19. The average molecular weight is 347 g/mol. The van der Waals surface area contributed by atoms with Crippen molar-refractivity contribution >= 4 is 17.6 Å². The van der Waals surface area contributed by atoms with Crippen LogP contribution in [0.15, 0.2) is 40.1 Å². The number of hydrogen-bond donors (Lipinski definition) is 2. The number of hydrogen-bond acceptors (Lipinski definition) is 6. The van der Waals surface area contributed by atoms with Gasteiger partial charge in [0, 0.05) is 12.3 Å². The number of methoxy groups -OCH3 is 1. The average Bonchev–Trinajstić information content (AvgIpc) is 2.56. The van der Waals surface area contributed by atoms with E-state index in [0.717, 1.165) is 16.2 Å². The summed E-state index contributed by atoms with van der Waals surface area (Å²) in [5.74, 6) is -0.864. The molecule has 2 N–H and O–H groups in total. The molecule has 0 atom stereocenters. The van der Waals surface area contributed by atoms with E-state index in [1.54, 1.807) is 12.1 Å². The number of rotatable bonds is 6. The quantitative estimate of drug-likeness (QED) is 0.712. The molecule has 1 aromatic heterocycles. The zero-order valence-electron chi connectivity index (χ0n) is 13.7. The minimum Gasteiger partial charge on any atom is -0.495 e. The van der Waals surface area contributed by atoms with E-state index in [9.17, 15) is 19.2 Å². The van der Waals surface area contributed by atoms with Crippen molar-refractivity contribution in [1.82, 2.24) is 9.55 Å². The number of amides is 1. The molecule has 132 valence electrons. The first-order valence-electron chi connectivity index (χ1n) is 7.29. The van der Waals surface area contributed by atoms with E-state index in [1.165, 1.54) is 13.3 Å². The SMILES string of the molecule is COc1ccc(C)cc1NC(=O)COC(=O)Cn1ccc(=O)[nH]c1=O. The second-order valence-corrected chi connectivity index (χ2v) is 5.15. The van der Waals surface area contributed by atoms with Gasteiger partial charge in [-0.25, -0.2) is 4.79 Å². The van der Waals surface area contributed by atoms with Crippen molar-refractivity contribution in [1.29, 1.82) is 0 Å². The fourth-order valence-electron chi connectivity index (χ4n) is 2.01. The lowest BCUT2D eigenvalue weighted by atomic mass is 10.2. The van der Waals surface area contributed by atoms with Crippen LogP contribution in [0.2, 0.25) is 0 Å². The molecule has 0 aliphatic rings. The minimum atomic E-state index is -0.791. The summed E-state index contributed by atoms with van der Waals surface area (Å²) in [6.07, 6.45) is 1.17. The van der Waals surface area contributed by atoms with Crippen LogP contribution < -0.4 is 21.3 Å². The monoisotopic (exact) mass is 347 g/mol. The number of nitrogens with zero attached hydrogens (tertiary/aromatic N) is 1. The van der Waals surface area contributed by atoms with Crippen LogP contribution >= 0.6 is 0 Å². The van der Waals surface area contributed by atoms with Crippen molar-refractivity contribution in [3.63, 3.8) is 0 Å². The molecule has 0 fully saturated rings. The zero-order valence-corrected chi connectivity index (χ0v) is 13.7. The van der Waals surface area contributed by atoms with Gasteiger partial charge in [0.15, 0.2) is 6.61 Å². The third kappa shape index (κ3) is 5.06. The summed E-state index contributed by atoms with van der Waals surface area (Å²) in [7, 11) is 1.47. The summed E-state index contributed by atoms with van der Waals surface area (Å²) in [6.45, 7) is 0.918. The minimum absolute atomic E-state index is 0.420. The molecule has 0 aliphatic heterocycles. The predicted octanol–water partition coefficient (Wildman–Crippen LogP) is 0.0355. The maximum Gasteiger partial charge on any atom is 0.328 e. The highest BCUT2D eigenvalue weighted by Gasteiger charge is 2.12. The molecule has 25 heavy (non-hydrogen) atoms. The molecule has 2 rings (SSSR count). The number of anilines is 1. The maximum atomic E-state index is 11.9. The van der Waals surface area contributed by atoms with E-state index >= 15 is 0 Å². The molecule has 0 saturated heterocycles. The summed E-state index contributed by atoms with van der Waals surface area (Å²) in [5, 5.41) is 2.58. The van der Waals surface area contributed by atoms with Gasteiger partial charge in [-0.2, -0.15) is 0 Å². The van der Waals surface area contributed by atoms with Crippen LogP contribution in [0.1, 0.15) is 5.56 Å². The summed E-state index contributed by atoms with van der Waals surface area (Å²) in [4.78, 5) is 48.0. The molecule has 1 amide bonds. The topological polar surface area (TPSA) is 119 Å². The van der Waals surface area contributed by atoms with Crippen LogP contribution in [0.4, 0.5) is 5.69 Å². The number of aryl methyl sites for hydroxylation is 1. The lowest BCUT2D eigenvalue weighted by molar-refractivity contribution is -0.148. The van der Waals surface area contributed by atoms with Crippen LogP contribution in [-0.4, -0.2) is 35.1 Å². The second kappa shape index (κ2) is 7.95. The number of H-pyrrole nitrogens is 1. The first kappa shape index (κ1) is 18.0. The lowest BCUT2D eigenvalue weighted by Crippen LogP contribution is -2.32. The third-order valence-corrected chi connectivity index (χ3v) is 3.19. The summed E-state index contributed by atoms with van der Waals surface area (Å²) in [6, 6.07) is 6.36. The molecule has 0 aliphatic carbocycles. The zero-order chi connectivity index (χ0) is 18.4. The fourth-order valence-corrected chi connectivity index (χ4v) is 2.01. The smallest absolute Gasteiger partial charge is 0.328 e. The highest BCUT2D eigenvalue weighted by Crippen LogP contribution is 2.24. The first-order chi connectivity index (χ1) is 11.9. The van der Waals surface area contributed by atoms with Crippen molar-refractivity contribution in [3.05, 3.63) is 56.9 Å². The van der Waals surface area contributed by atoms with Gasteiger partial charge >= 0.3 is 11.7 Å². The van der Waals surface area contributed by atoms with Crippen LogP contribution in [0.25, 0.3) is 0 Å². The van der Waals surface area contributed by atoms with Crippen LogP contribution in [0.5, 0.6) is 5.75 Å². The van der Waals surface area contributed by atoms with Crippen LogP contribution in [0.3, 0.4) is 0 Å². The summed E-state index contributed by atoms with van der Waals surface area (Å²) in [5.41, 5.74) is 0.0745. The molecule has 0 bridgehead atoms. The molecule has 0 spiro atoms. The number of carbonyl (C=O) groups is 2. The largest absolute Gasteiger partial charge is 0.495 e. The summed E-state index contributed by atoms with van der Waals surface area (Å²) >= 11 is 0. The van der Waals surface area contributed by atoms with Gasteiger partial charge in [0.05, 0.1) is 12.8 Å². The number of carbonyl (C=O) groups excluding carboxylic acids is 2. The van der Waals surface area contributed by atoms with E-state index in [1.807, 2.05) is 18.0 Å². The van der Waals surface area contributed by atoms with E-state index < -0.39 is 36.3 Å². The molecule has 0 unspecified atom stereocenters. The maximum absolute atomic E-state index is 11.9. The van der Waals surface area contributed by atoms with E-state index in [-0.39, 0.29) is 0 Å². The van der Waals surface area contributed by atoms with Crippen molar-refractivity contribution in [2.24, 2.45) is 0 Å². The van der Waals surface area contributed by atoms with Crippen molar-refractivity contribution < 1.29 is 19.1 Å². The Hall–Kier alpha value is -3.36.